The smallest absolute Gasteiger partial charge is 0.326 e. The zero-order valence-electron chi connectivity index (χ0n) is 66.8. The molecule has 14 amide bonds. The number of carbonyl (C=O) groups is 19. The normalized spacial score (nSPS) is 14.3. The van der Waals surface area contributed by atoms with E-state index in [0.29, 0.717) is 38.6 Å². The lowest BCUT2D eigenvalue weighted by atomic mass is 10.00. The molecule has 118 heavy (non-hydrogen) atoms. The van der Waals surface area contributed by atoms with E-state index in [9.17, 15) is 122 Å². The summed E-state index contributed by atoms with van der Waals surface area (Å²) in [6.45, 7) is 6.61. The van der Waals surface area contributed by atoms with Gasteiger partial charge in [-0.1, -0.05) is 46.2 Å². The molecule has 0 aromatic heterocycles. The van der Waals surface area contributed by atoms with Crippen LogP contribution in [0.4, 0.5) is 0 Å². The maximum absolute atomic E-state index is 14.6. The Hall–Kier alpha value is -11.9. The van der Waals surface area contributed by atoms with Gasteiger partial charge in [0.1, 0.15) is 78.3 Å². The Morgan fingerprint density at radius 3 is 1.12 bits per heavy atom. The summed E-state index contributed by atoms with van der Waals surface area (Å²) < 4.78 is 0. The van der Waals surface area contributed by atoms with Crippen LogP contribution >= 0.6 is 0 Å². The number of nitrogens with two attached hydrogens (primary N) is 7. The number of hydrogen-bond donors (Lipinski definition) is 26. The first-order chi connectivity index (χ1) is 55.4. The highest BCUT2D eigenvalue weighted by atomic mass is 16.4. The number of hydrogen-bond acceptors (Lipinski definition) is 25. The van der Waals surface area contributed by atoms with Gasteiger partial charge in [0.25, 0.3) is 0 Å². The molecule has 0 radical (unpaired) electrons. The summed E-state index contributed by atoms with van der Waals surface area (Å²) >= 11 is 0. The lowest BCUT2D eigenvalue weighted by Crippen LogP contribution is -2.61. The van der Waals surface area contributed by atoms with Gasteiger partial charge in [-0.2, -0.15) is 0 Å². The van der Waals surface area contributed by atoms with Crippen molar-refractivity contribution in [1.29, 1.82) is 0 Å². The lowest BCUT2D eigenvalue weighted by Gasteiger charge is -2.28. The van der Waals surface area contributed by atoms with Crippen molar-refractivity contribution in [2.75, 3.05) is 32.7 Å². The molecule has 0 aliphatic rings. The largest absolute Gasteiger partial charge is 0.508 e. The van der Waals surface area contributed by atoms with Crippen LogP contribution in [0, 0.1) is 11.8 Å². The van der Waals surface area contributed by atoms with Crippen LogP contribution in [0.25, 0.3) is 0 Å². The molecule has 1 aromatic rings. The van der Waals surface area contributed by atoms with Gasteiger partial charge in [0.05, 0.1) is 19.0 Å². The monoisotopic (exact) mass is 1680 g/mol. The number of phenolic OH excluding ortho intramolecular Hbond substituents is 1. The molecule has 46 nitrogen and oxygen atoms in total. The van der Waals surface area contributed by atoms with Crippen LogP contribution in [0.1, 0.15) is 169 Å². The van der Waals surface area contributed by atoms with Crippen molar-refractivity contribution in [3.8, 4) is 5.75 Å². The second-order valence-corrected chi connectivity index (χ2v) is 28.5. The minimum Gasteiger partial charge on any atom is -0.508 e. The van der Waals surface area contributed by atoms with Crippen LogP contribution in [-0.2, 0) is 97.5 Å². The van der Waals surface area contributed by atoms with Crippen LogP contribution < -0.4 is 109 Å². The summed E-state index contributed by atoms with van der Waals surface area (Å²) in [5.74, 6) is -25.1. The molecule has 1 aromatic carbocycles. The average molecular weight is 1680 g/mol. The van der Waals surface area contributed by atoms with Crippen molar-refractivity contribution >= 4 is 119 Å². The fourth-order valence-corrected chi connectivity index (χ4v) is 11.2. The second kappa shape index (κ2) is 55.6. The molecule has 0 unspecified atom stereocenters. The summed E-state index contributed by atoms with van der Waals surface area (Å²) in [6, 6.07) is -16.2. The molecule has 46 heteroatoms. The third-order valence-electron chi connectivity index (χ3n) is 17.9. The third kappa shape index (κ3) is 42.6. The Kier molecular flexibility index (Phi) is 49.0. The number of aromatic hydroxyl groups is 1. The molecule has 0 saturated heterocycles. The van der Waals surface area contributed by atoms with Crippen molar-refractivity contribution in [2.24, 2.45) is 57.0 Å². The fourth-order valence-electron chi connectivity index (χ4n) is 11.2. The number of benzene rings is 1. The second-order valence-electron chi connectivity index (χ2n) is 28.5. The average Bonchev–Trinajstić information content (AvgIpc) is 0.854. The van der Waals surface area contributed by atoms with Crippen LogP contribution in [0.3, 0.4) is 0 Å². The van der Waals surface area contributed by atoms with Gasteiger partial charge in [0.15, 0.2) is 5.96 Å². The van der Waals surface area contributed by atoms with E-state index >= 15 is 0 Å². The van der Waals surface area contributed by atoms with Crippen LogP contribution in [0.15, 0.2) is 29.3 Å². The van der Waals surface area contributed by atoms with Crippen LogP contribution in [0.2, 0.25) is 0 Å². The van der Waals surface area contributed by atoms with Gasteiger partial charge in [0.2, 0.25) is 82.7 Å². The highest BCUT2D eigenvalue weighted by Crippen LogP contribution is 2.16. The predicted octanol–water partition coefficient (Wildman–Crippen LogP) is -7.61. The van der Waals surface area contributed by atoms with Gasteiger partial charge in [-0.25, -0.2) is 4.79 Å². The molecule has 33 N–H and O–H groups in total. The number of carboxylic acids is 5. The first-order valence-corrected chi connectivity index (χ1v) is 38.4. The van der Waals surface area contributed by atoms with Crippen LogP contribution in [-0.4, -0.2) is 260 Å². The van der Waals surface area contributed by atoms with E-state index in [2.05, 4.69) is 74.1 Å². The number of rotatable bonds is 61. The van der Waals surface area contributed by atoms with E-state index in [-0.39, 0.29) is 75.4 Å². The number of aliphatic carboxylic acids is 5. The maximum atomic E-state index is 14.6. The molecule has 1 rings (SSSR count). The molecule has 0 saturated carbocycles. The molecule has 0 aliphatic carbocycles. The van der Waals surface area contributed by atoms with Crippen molar-refractivity contribution < 1.29 is 122 Å². The highest BCUT2D eigenvalue weighted by molar-refractivity contribution is 6.01. The van der Waals surface area contributed by atoms with Crippen molar-refractivity contribution in [3.05, 3.63) is 29.8 Å². The summed E-state index contributed by atoms with van der Waals surface area (Å²) in [7, 11) is 0. The Morgan fingerprint density at radius 2 is 0.703 bits per heavy atom. The van der Waals surface area contributed by atoms with E-state index in [4.69, 9.17) is 40.1 Å². The molecule has 662 valence electrons. The Morgan fingerprint density at radius 1 is 0.364 bits per heavy atom. The quantitative estimate of drug-likeness (QED) is 0.0164. The van der Waals surface area contributed by atoms with Crippen molar-refractivity contribution in [1.82, 2.24) is 69.1 Å². The number of amides is 14. The van der Waals surface area contributed by atoms with Gasteiger partial charge < -0.3 is 140 Å². The fraction of sp³-hybridized carbons (Fsp3) is 0.639. The number of nitrogens with zero attached hydrogens (tertiary/aromatic N) is 1. The molecular weight excluding hydrogens is 1560 g/mol. The predicted molar refractivity (Wildman–Crippen MR) is 419 cm³/mol. The Balaban J connectivity index is 3.66. The molecule has 0 aliphatic heterocycles. The SMILES string of the molecule is CC(C)[C@H](NC(=O)[C@H](CCC(=O)O)NC(=O)[C@H](Cc1ccc(O)cc1)NC(=O)[C@H](CC(N)=O)NC(=O)[C@H](C)NC(=O)[C@H](CCC(=O)O)NC(=O)[C@@H](NC(=O)[C@@H](N)CCCCN)C(C)C)C(=O)N[C@@H](CCC(=O)O)C(=O)NCC(=O)N[C@@H](CCC(=O)O)C(=O)N[C@@H](CCCN=C(N)N)C(=O)N[C@@H](CCCCN)C(=O)N[C@@H](CCCCN)C(=O)O. The van der Waals surface area contributed by atoms with Gasteiger partial charge in [-0.05, 0) is 146 Å². The lowest BCUT2D eigenvalue weighted by molar-refractivity contribution is -0.143. The number of nitrogens with one attached hydrogen (secondary N) is 13. The summed E-state index contributed by atoms with van der Waals surface area (Å²) in [6.07, 6.45) is -4.92. The molecule has 0 heterocycles. The van der Waals surface area contributed by atoms with Gasteiger partial charge in [0, 0.05) is 38.6 Å². The van der Waals surface area contributed by atoms with E-state index in [1.807, 2.05) is 0 Å². The van der Waals surface area contributed by atoms with E-state index in [1.165, 1.54) is 38.1 Å². The summed E-state index contributed by atoms with van der Waals surface area (Å²) in [5, 5.41) is 89.1. The Bertz CT molecular complexity index is 3600. The van der Waals surface area contributed by atoms with Crippen LogP contribution in [0.5, 0.6) is 5.75 Å². The third-order valence-corrected chi connectivity index (χ3v) is 17.9. The first kappa shape index (κ1) is 104. The zero-order chi connectivity index (χ0) is 89.5. The minimum atomic E-state index is -1.98. The number of primary amides is 1. The number of aliphatic imine (C=N–C) groups is 1. The summed E-state index contributed by atoms with van der Waals surface area (Å²) in [4.78, 5) is 257. The topological polar surface area (TPSA) is 797 Å². The number of carboxylic acid groups (broad SMARTS) is 5. The number of carbonyl (C=O) groups excluding carboxylic acids is 14. The molecule has 0 spiro atoms. The highest BCUT2D eigenvalue weighted by Gasteiger charge is 2.38. The van der Waals surface area contributed by atoms with Gasteiger partial charge >= 0.3 is 29.8 Å². The van der Waals surface area contributed by atoms with E-state index in [1.54, 1.807) is 13.8 Å². The van der Waals surface area contributed by atoms with Gasteiger partial charge in [-0.15, -0.1) is 0 Å². The van der Waals surface area contributed by atoms with E-state index < -0.39 is 274 Å². The van der Waals surface area contributed by atoms with Crippen molar-refractivity contribution in [2.45, 2.75) is 248 Å². The number of guanidine groups is 1. The standard InChI is InChI=1S/C72H119N21O25/c1-36(2)57(92-60(106)41(76)13-6-9-29-73)69(115)88-46(23-27-55(101)102)62(108)82-38(5)59(105)90-50(34-51(77)95)68(114)91-49(33-39-17-19-40(94)20-18-39)67(113)86-47(24-28-56(103)104)66(112)93-58(37(3)4)70(116)87-44(21-25-53(97)98)61(107)81-35-52(96)83-45(22-26-54(99)100)65(111)85-43(16-12-32-80-72(78)79)63(109)84-42(14-7-10-30-74)64(110)89-48(71(117)118)15-8-11-31-75/h17-20,36-38,41-50,57-58,94H,6-16,21-35,73-76H2,1-5H3,(H2,77,95)(H,81,107)(H,82,108)(H,83,96)(H,84,109)(H,85,111)(H,86,113)(H,87,116)(H,88,115)(H,89,110)(H,90,105)(H,91,114)(H,92,106)(H,93,112)(H,97,98)(H,99,100)(H,101,102)(H,103,104)(H,117,118)(H4,78,79,80)/t38-,41-,42-,43-,44-,45-,46-,47-,48-,49-,50-,57-,58-/m0/s1. The molecule has 0 bridgehead atoms. The maximum Gasteiger partial charge on any atom is 0.326 e. The number of unbranched alkanes of at least 4 members (excludes halogenated alkanes) is 3. The van der Waals surface area contributed by atoms with Gasteiger partial charge in [-0.3, -0.25) is 91.3 Å². The van der Waals surface area contributed by atoms with E-state index in [0.717, 1.165) is 6.92 Å². The minimum absolute atomic E-state index is 0.00796. The summed E-state index contributed by atoms with van der Waals surface area (Å²) in [5.41, 5.74) is 39.4. The van der Waals surface area contributed by atoms with Crippen molar-refractivity contribution in [3.63, 3.8) is 0 Å². The zero-order valence-corrected chi connectivity index (χ0v) is 66.8. The molecule has 0 fully saturated rings. The first-order valence-electron chi connectivity index (χ1n) is 38.4. The number of phenols is 1. The molecule has 13 atom stereocenters. The molecular formula is C72H119N21O25. The Labute approximate surface area is 680 Å².